The second kappa shape index (κ2) is 7.74. The summed E-state index contributed by atoms with van der Waals surface area (Å²) in [4.78, 5) is 22.6. The highest BCUT2D eigenvalue weighted by atomic mass is 16.6. The van der Waals surface area contributed by atoms with Gasteiger partial charge in [0.1, 0.15) is 6.10 Å². The van der Waals surface area contributed by atoms with E-state index in [9.17, 15) is 9.59 Å². The molecule has 1 rings (SSSR count). The van der Waals surface area contributed by atoms with Crippen LogP contribution in [0.3, 0.4) is 0 Å². The first-order valence-electron chi connectivity index (χ1n) is 6.51. The normalized spacial score (nSPS) is 25.4. The molecule has 0 saturated heterocycles. The summed E-state index contributed by atoms with van der Waals surface area (Å²) in [7, 11) is 0. The van der Waals surface area contributed by atoms with Crippen molar-refractivity contribution in [2.45, 2.75) is 51.7 Å². The Balaban J connectivity index is 2.66. The number of rotatable bonds is 3. The molecule has 0 aromatic carbocycles. The Hall–Kier alpha value is -1.52. The van der Waals surface area contributed by atoms with Gasteiger partial charge in [-0.3, -0.25) is 4.79 Å². The van der Waals surface area contributed by atoms with E-state index in [-0.39, 0.29) is 18.1 Å². The predicted octanol–water partition coefficient (Wildman–Crippen LogP) is 1.74. The van der Waals surface area contributed by atoms with Gasteiger partial charge in [0.25, 0.3) is 0 Å². The lowest BCUT2D eigenvalue weighted by atomic mass is 9.99. The maximum atomic E-state index is 11.5. The van der Waals surface area contributed by atoms with Gasteiger partial charge in [-0.1, -0.05) is 12.5 Å². The molecule has 102 valence electrons. The van der Waals surface area contributed by atoms with Crippen LogP contribution in [0.15, 0.2) is 12.2 Å². The highest BCUT2D eigenvalue weighted by Crippen LogP contribution is 2.15. The van der Waals surface area contributed by atoms with E-state index >= 15 is 0 Å². The first-order valence-corrected chi connectivity index (χ1v) is 6.51. The van der Waals surface area contributed by atoms with Gasteiger partial charge in [-0.2, -0.15) is 0 Å². The molecule has 0 aromatic heterocycles. The average molecular weight is 254 g/mol. The molecule has 1 aliphatic carbocycles. The summed E-state index contributed by atoms with van der Waals surface area (Å²) in [5, 5.41) is 5.45. The maximum Gasteiger partial charge on any atom is 0.407 e. The molecule has 5 nitrogen and oxygen atoms in total. The van der Waals surface area contributed by atoms with E-state index in [1.54, 1.807) is 0 Å². The summed E-state index contributed by atoms with van der Waals surface area (Å²) in [6, 6.07) is -0.137. The van der Waals surface area contributed by atoms with Crippen LogP contribution in [0.2, 0.25) is 0 Å². The second-order valence-electron chi connectivity index (χ2n) is 4.42. The zero-order valence-corrected chi connectivity index (χ0v) is 11.1. The van der Waals surface area contributed by atoms with E-state index in [0.717, 1.165) is 25.7 Å². The molecular formula is C13H22N2O3. The summed E-state index contributed by atoms with van der Waals surface area (Å²) in [5.74, 6) is -0.0986. The molecule has 0 saturated carbocycles. The van der Waals surface area contributed by atoms with E-state index in [2.05, 4.69) is 10.6 Å². The average Bonchev–Trinajstić information content (AvgIpc) is 2.27. The van der Waals surface area contributed by atoms with E-state index in [1.807, 2.05) is 19.1 Å². The van der Waals surface area contributed by atoms with Crippen LogP contribution < -0.4 is 10.6 Å². The van der Waals surface area contributed by atoms with Crippen molar-refractivity contribution in [2.75, 3.05) is 6.54 Å². The van der Waals surface area contributed by atoms with Crippen LogP contribution in [0.4, 0.5) is 4.79 Å². The van der Waals surface area contributed by atoms with Crippen LogP contribution in [0.5, 0.6) is 0 Å². The fourth-order valence-electron chi connectivity index (χ4n) is 2.00. The molecule has 0 aromatic rings. The van der Waals surface area contributed by atoms with Crippen LogP contribution >= 0.6 is 0 Å². The number of allylic oxidation sites excluding steroid dienone is 1. The van der Waals surface area contributed by atoms with Gasteiger partial charge in [0, 0.05) is 13.5 Å². The van der Waals surface area contributed by atoms with Crippen LogP contribution in [0.1, 0.15) is 39.5 Å². The third-order valence-electron chi connectivity index (χ3n) is 2.81. The van der Waals surface area contributed by atoms with Gasteiger partial charge in [-0.05, 0) is 32.3 Å². The van der Waals surface area contributed by atoms with Crippen molar-refractivity contribution >= 4 is 12.0 Å². The molecular weight excluding hydrogens is 232 g/mol. The molecule has 5 heteroatoms. The zero-order chi connectivity index (χ0) is 13.4. The molecule has 0 bridgehead atoms. The summed E-state index contributed by atoms with van der Waals surface area (Å²) in [5.41, 5.74) is 0. The molecule has 18 heavy (non-hydrogen) atoms. The summed E-state index contributed by atoms with van der Waals surface area (Å²) in [6.07, 6.45) is 6.98. The Kier molecular flexibility index (Phi) is 6.25. The standard InChI is InChI=1S/C13H22N2O3/c1-3-14-13(17)18-12-9-7-5-4-6-8-11(12)15-10(2)16/h7,9,11-12H,3-6,8H2,1-2H3,(H,14,17)(H,15,16)/b9-7+. The Morgan fingerprint density at radius 1 is 1.39 bits per heavy atom. The zero-order valence-electron chi connectivity index (χ0n) is 11.1. The molecule has 2 amide bonds. The lowest BCUT2D eigenvalue weighted by Gasteiger charge is -2.26. The molecule has 2 unspecified atom stereocenters. The predicted molar refractivity (Wildman–Crippen MR) is 69.2 cm³/mol. The number of hydrogen-bond acceptors (Lipinski definition) is 3. The van der Waals surface area contributed by atoms with Crippen LogP contribution in [0, 0.1) is 0 Å². The van der Waals surface area contributed by atoms with Gasteiger partial charge in [-0.15, -0.1) is 0 Å². The highest BCUT2D eigenvalue weighted by molar-refractivity contribution is 5.73. The van der Waals surface area contributed by atoms with Gasteiger partial charge >= 0.3 is 6.09 Å². The van der Waals surface area contributed by atoms with Gasteiger partial charge in [0.2, 0.25) is 5.91 Å². The van der Waals surface area contributed by atoms with Gasteiger partial charge < -0.3 is 15.4 Å². The summed E-state index contributed by atoms with van der Waals surface area (Å²) in [6.45, 7) is 3.84. The minimum atomic E-state index is -0.442. The lowest BCUT2D eigenvalue weighted by Crippen LogP contribution is -2.45. The monoisotopic (exact) mass is 254 g/mol. The third kappa shape index (κ3) is 5.21. The van der Waals surface area contributed by atoms with Crippen LogP contribution in [-0.4, -0.2) is 30.7 Å². The molecule has 0 aliphatic heterocycles. The number of carbonyl (C=O) groups is 2. The second-order valence-corrected chi connectivity index (χ2v) is 4.42. The Morgan fingerprint density at radius 3 is 2.83 bits per heavy atom. The highest BCUT2D eigenvalue weighted by Gasteiger charge is 2.24. The van der Waals surface area contributed by atoms with Gasteiger partial charge in [-0.25, -0.2) is 4.79 Å². The molecule has 1 aliphatic rings. The van der Waals surface area contributed by atoms with Crippen molar-refractivity contribution in [3.63, 3.8) is 0 Å². The summed E-state index contributed by atoms with van der Waals surface area (Å²) < 4.78 is 5.33. The Labute approximate surface area is 108 Å². The molecule has 2 N–H and O–H groups in total. The molecule has 0 heterocycles. The van der Waals surface area contributed by atoms with Crippen LogP contribution in [0.25, 0.3) is 0 Å². The van der Waals surface area contributed by atoms with Crippen molar-refractivity contribution in [2.24, 2.45) is 0 Å². The fraction of sp³-hybridized carbons (Fsp3) is 0.692. The van der Waals surface area contributed by atoms with Crippen molar-refractivity contribution in [3.05, 3.63) is 12.2 Å². The maximum absolute atomic E-state index is 11.5. The van der Waals surface area contributed by atoms with Crippen molar-refractivity contribution in [3.8, 4) is 0 Å². The van der Waals surface area contributed by atoms with Crippen molar-refractivity contribution < 1.29 is 14.3 Å². The Morgan fingerprint density at radius 2 is 2.17 bits per heavy atom. The van der Waals surface area contributed by atoms with E-state index in [0.29, 0.717) is 6.54 Å². The Bertz CT molecular complexity index is 315. The number of hydrogen-bond donors (Lipinski definition) is 2. The molecule has 0 spiro atoms. The smallest absolute Gasteiger partial charge is 0.407 e. The SMILES string of the molecule is CCNC(=O)OC1/C=C/CCCCC1NC(C)=O. The van der Waals surface area contributed by atoms with E-state index < -0.39 is 6.09 Å². The van der Waals surface area contributed by atoms with Crippen LogP contribution in [-0.2, 0) is 9.53 Å². The fourth-order valence-corrected chi connectivity index (χ4v) is 2.00. The quantitative estimate of drug-likeness (QED) is 0.754. The van der Waals surface area contributed by atoms with E-state index in [1.165, 1.54) is 6.92 Å². The van der Waals surface area contributed by atoms with Gasteiger partial charge in [0.15, 0.2) is 0 Å². The van der Waals surface area contributed by atoms with E-state index in [4.69, 9.17) is 4.74 Å². The number of nitrogens with one attached hydrogen (secondary N) is 2. The number of amides is 2. The topological polar surface area (TPSA) is 67.4 Å². The first kappa shape index (κ1) is 14.5. The third-order valence-corrected chi connectivity index (χ3v) is 2.81. The minimum absolute atomic E-state index is 0.0986. The number of carbonyl (C=O) groups excluding carboxylic acids is 2. The molecule has 2 atom stereocenters. The summed E-state index contributed by atoms with van der Waals surface area (Å²) >= 11 is 0. The number of ether oxygens (including phenoxy) is 1. The molecule has 0 radical (unpaired) electrons. The largest absolute Gasteiger partial charge is 0.440 e. The van der Waals surface area contributed by atoms with Gasteiger partial charge in [0.05, 0.1) is 6.04 Å². The number of alkyl carbamates (subject to hydrolysis) is 1. The lowest BCUT2D eigenvalue weighted by molar-refractivity contribution is -0.120. The first-order chi connectivity index (χ1) is 8.63. The van der Waals surface area contributed by atoms with Crippen molar-refractivity contribution in [1.82, 2.24) is 10.6 Å². The van der Waals surface area contributed by atoms with Crippen molar-refractivity contribution in [1.29, 1.82) is 0 Å². The minimum Gasteiger partial charge on any atom is -0.440 e. The molecule has 0 fully saturated rings.